The topological polar surface area (TPSA) is 86.8 Å². The van der Waals surface area contributed by atoms with Crippen molar-refractivity contribution in [2.24, 2.45) is 5.92 Å². The molecule has 3 aromatic rings. The van der Waals surface area contributed by atoms with Gasteiger partial charge in [0.25, 0.3) is 10.0 Å². The number of anilines is 1. The van der Waals surface area contributed by atoms with Crippen LogP contribution >= 0.6 is 15.9 Å². The number of amides is 2. The van der Waals surface area contributed by atoms with E-state index in [-0.39, 0.29) is 28.6 Å². The summed E-state index contributed by atoms with van der Waals surface area (Å²) in [6.45, 7) is 6.89. The third kappa shape index (κ3) is 7.89. The maximum atomic E-state index is 14.6. The molecule has 0 saturated carbocycles. The fourth-order valence-corrected chi connectivity index (χ4v) is 5.50. The molecule has 3 rings (SSSR count). The van der Waals surface area contributed by atoms with Gasteiger partial charge in [0.05, 0.1) is 10.6 Å². The quantitative estimate of drug-likeness (QED) is 0.317. The van der Waals surface area contributed by atoms with Crippen molar-refractivity contribution in [3.05, 3.63) is 94.2 Å². The van der Waals surface area contributed by atoms with E-state index in [1.165, 1.54) is 35.2 Å². The highest BCUT2D eigenvalue weighted by Gasteiger charge is 2.32. The Labute approximate surface area is 238 Å². The number of rotatable bonds is 11. The standard InChI is InChI=1S/C29H33BrFN3O4S/c1-20(2)17-32-29(36)22(4)33(18-23-7-5-6-8-27(23)31)28(35)19-34(25-13-11-24(30)12-14-25)39(37,38)26-15-9-21(3)10-16-26/h5-16,20,22H,17-19H2,1-4H3,(H,32,36). The van der Waals surface area contributed by atoms with Crippen LogP contribution in [0, 0.1) is 18.7 Å². The van der Waals surface area contributed by atoms with E-state index in [1.807, 2.05) is 20.8 Å². The second-order valence-electron chi connectivity index (χ2n) is 9.73. The van der Waals surface area contributed by atoms with Crippen LogP contribution in [-0.4, -0.2) is 44.3 Å². The van der Waals surface area contributed by atoms with Crippen LogP contribution in [0.5, 0.6) is 0 Å². The number of sulfonamides is 1. The van der Waals surface area contributed by atoms with Crippen LogP contribution in [0.4, 0.5) is 10.1 Å². The summed E-state index contributed by atoms with van der Waals surface area (Å²) in [6.07, 6.45) is 0. The largest absolute Gasteiger partial charge is 0.354 e. The number of nitrogens with zero attached hydrogens (tertiary/aromatic N) is 2. The van der Waals surface area contributed by atoms with Gasteiger partial charge in [0.2, 0.25) is 11.8 Å². The summed E-state index contributed by atoms with van der Waals surface area (Å²) in [5.74, 6) is -1.40. The molecule has 0 aromatic heterocycles. The Balaban J connectivity index is 2.01. The Kier molecular flexibility index (Phi) is 10.3. The van der Waals surface area contributed by atoms with Gasteiger partial charge in [-0.3, -0.25) is 13.9 Å². The second-order valence-corrected chi connectivity index (χ2v) is 12.5. The summed E-state index contributed by atoms with van der Waals surface area (Å²) in [5, 5.41) is 2.81. The summed E-state index contributed by atoms with van der Waals surface area (Å²) in [5.41, 5.74) is 1.37. The van der Waals surface area contributed by atoms with Crippen LogP contribution in [0.1, 0.15) is 31.9 Å². The lowest BCUT2D eigenvalue weighted by Gasteiger charge is -2.32. The molecule has 7 nitrogen and oxygen atoms in total. The predicted molar refractivity (Wildman–Crippen MR) is 154 cm³/mol. The second kappa shape index (κ2) is 13.2. The fraction of sp³-hybridized carbons (Fsp3) is 0.310. The van der Waals surface area contributed by atoms with Crippen molar-refractivity contribution in [2.45, 2.75) is 45.2 Å². The molecule has 3 aromatic carbocycles. The zero-order valence-corrected chi connectivity index (χ0v) is 24.8. The number of nitrogens with one attached hydrogen (secondary N) is 1. The van der Waals surface area contributed by atoms with E-state index < -0.39 is 40.2 Å². The monoisotopic (exact) mass is 617 g/mol. The molecule has 0 radical (unpaired) electrons. The Morgan fingerprint density at radius 3 is 2.15 bits per heavy atom. The van der Waals surface area contributed by atoms with Crippen molar-refractivity contribution in [2.75, 3.05) is 17.4 Å². The summed E-state index contributed by atoms with van der Waals surface area (Å²) in [4.78, 5) is 28.0. The molecule has 0 saturated heterocycles. The van der Waals surface area contributed by atoms with Gasteiger partial charge in [0.15, 0.2) is 0 Å². The van der Waals surface area contributed by atoms with E-state index in [9.17, 15) is 22.4 Å². The summed E-state index contributed by atoms with van der Waals surface area (Å²) < 4.78 is 43.9. The molecule has 0 aliphatic carbocycles. The predicted octanol–water partition coefficient (Wildman–Crippen LogP) is 5.28. The lowest BCUT2D eigenvalue weighted by Crippen LogP contribution is -2.51. The van der Waals surface area contributed by atoms with Crippen molar-refractivity contribution >= 4 is 43.5 Å². The molecule has 0 heterocycles. The van der Waals surface area contributed by atoms with E-state index in [4.69, 9.17) is 0 Å². The summed E-state index contributed by atoms with van der Waals surface area (Å²) in [6, 6.07) is 17.9. The van der Waals surface area contributed by atoms with Crippen molar-refractivity contribution in [1.29, 1.82) is 0 Å². The molecule has 1 unspecified atom stereocenters. The Morgan fingerprint density at radius 1 is 0.949 bits per heavy atom. The highest BCUT2D eigenvalue weighted by atomic mass is 79.9. The highest BCUT2D eigenvalue weighted by molar-refractivity contribution is 9.10. The lowest BCUT2D eigenvalue weighted by molar-refractivity contribution is -0.139. The van der Waals surface area contributed by atoms with Gasteiger partial charge in [0.1, 0.15) is 18.4 Å². The van der Waals surface area contributed by atoms with Crippen LogP contribution in [0.3, 0.4) is 0 Å². The number of hydrogen-bond acceptors (Lipinski definition) is 4. The minimum Gasteiger partial charge on any atom is -0.354 e. The maximum Gasteiger partial charge on any atom is 0.264 e. The number of halogens is 2. The molecule has 0 aliphatic heterocycles. The first-order valence-corrected chi connectivity index (χ1v) is 14.8. The van der Waals surface area contributed by atoms with Gasteiger partial charge in [-0.1, -0.05) is 65.7 Å². The SMILES string of the molecule is Cc1ccc(S(=O)(=O)N(CC(=O)N(Cc2ccccc2F)C(C)C(=O)NCC(C)C)c2ccc(Br)cc2)cc1. The summed E-state index contributed by atoms with van der Waals surface area (Å²) >= 11 is 3.35. The number of aryl methyl sites for hydroxylation is 1. The molecule has 10 heteroatoms. The zero-order chi connectivity index (χ0) is 28.7. The maximum absolute atomic E-state index is 14.6. The minimum atomic E-state index is -4.16. The van der Waals surface area contributed by atoms with E-state index in [0.717, 1.165) is 14.3 Å². The Morgan fingerprint density at radius 2 is 1.56 bits per heavy atom. The van der Waals surface area contributed by atoms with Crippen LogP contribution in [0.2, 0.25) is 0 Å². The van der Waals surface area contributed by atoms with Crippen molar-refractivity contribution in [3.63, 3.8) is 0 Å². The lowest BCUT2D eigenvalue weighted by atomic mass is 10.1. The van der Waals surface area contributed by atoms with Crippen molar-refractivity contribution in [3.8, 4) is 0 Å². The fourth-order valence-electron chi connectivity index (χ4n) is 3.82. The van der Waals surface area contributed by atoms with Crippen LogP contribution in [-0.2, 0) is 26.2 Å². The van der Waals surface area contributed by atoms with E-state index in [1.54, 1.807) is 49.4 Å². The van der Waals surface area contributed by atoms with Gasteiger partial charge < -0.3 is 10.2 Å². The number of hydrogen-bond donors (Lipinski definition) is 1. The molecule has 0 aliphatic rings. The first-order chi connectivity index (χ1) is 18.4. The molecule has 1 atom stereocenters. The number of carbonyl (C=O) groups excluding carboxylic acids is 2. The zero-order valence-electron chi connectivity index (χ0n) is 22.4. The van der Waals surface area contributed by atoms with E-state index in [2.05, 4.69) is 21.2 Å². The van der Waals surface area contributed by atoms with Gasteiger partial charge in [-0.15, -0.1) is 0 Å². The van der Waals surface area contributed by atoms with Gasteiger partial charge in [-0.25, -0.2) is 12.8 Å². The minimum absolute atomic E-state index is 0.0206. The molecule has 208 valence electrons. The van der Waals surface area contributed by atoms with Gasteiger partial charge >= 0.3 is 0 Å². The third-order valence-corrected chi connectivity index (χ3v) is 8.47. The van der Waals surface area contributed by atoms with Crippen LogP contribution < -0.4 is 9.62 Å². The molecular formula is C29H33BrFN3O4S. The van der Waals surface area contributed by atoms with Crippen LogP contribution in [0.15, 0.2) is 82.2 Å². The molecule has 39 heavy (non-hydrogen) atoms. The first kappa shape index (κ1) is 30.3. The first-order valence-electron chi connectivity index (χ1n) is 12.6. The Bertz CT molecular complexity index is 1400. The van der Waals surface area contributed by atoms with E-state index in [0.29, 0.717) is 6.54 Å². The average Bonchev–Trinajstić information content (AvgIpc) is 2.90. The number of benzene rings is 3. The average molecular weight is 619 g/mol. The molecule has 0 fully saturated rings. The van der Waals surface area contributed by atoms with E-state index >= 15 is 0 Å². The highest BCUT2D eigenvalue weighted by Crippen LogP contribution is 2.26. The van der Waals surface area contributed by atoms with Crippen molar-refractivity contribution < 1.29 is 22.4 Å². The Hall–Kier alpha value is -3.24. The smallest absolute Gasteiger partial charge is 0.264 e. The van der Waals surface area contributed by atoms with Gasteiger partial charge in [-0.2, -0.15) is 0 Å². The normalized spacial score (nSPS) is 12.2. The summed E-state index contributed by atoms with van der Waals surface area (Å²) in [7, 11) is -4.16. The van der Waals surface area contributed by atoms with Gasteiger partial charge in [-0.05, 0) is 62.2 Å². The molecule has 0 bridgehead atoms. The molecule has 0 spiro atoms. The third-order valence-electron chi connectivity index (χ3n) is 6.15. The number of carbonyl (C=O) groups is 2. The molecule has 2 amide bonds. The van der Waals surface area contributed by atoms with Crippen molar-refractivity contribution in [1.82, 2.24) is 10.2 Å². The molecule has 1 N–H and O–H groups in total. The van der Waals surface area contributed by atoms with Crippen LogP contribution in [0.25, 0.3) is 0 Å². The molecular weight excluding hydrogens is 585 g/mol. The van der Waals surface area contributed by atoms with Gasteiger partial charge in [0, 0.05) is 23.1 Å².